The first kappa shape index (κ1) is 43.7. The summed E-state index contributed by atoms with van der Waals surface area (Å²) in [6, 6.07) is 15.9. The smallest absolute Gasteiger partial charge is 0.373 e. The van der Waals surface area contributed by atoms with Gasteiger partial charge in [-0.2, -0.15) is 19.6 Å². The minimum atomic E-state index is -0.886. The molecule has 0 aliphatic carbocycles. The van der Waals surface area contributed by atoms with Crippen LogP contribution in [0.15, 0.2) is 48.5 Å². The summed E-state index contributed by atoms with van der Waals surface area (Å²) < 4.78 is 23.4. The molecule has 0 unspecified atom stereocenters. The van der Waals surface area contributed by atoms with Crippen LogP contribution in [0.5, 0.6) is 23.5 Å². The molecular weight excluding hydrogens is 733 g/mol. The standard InChI is InChI=1S/C40H49Cl2N3O6.CO2/c1-24-27(22-50-37-32(41)18-26(35(44-37)48-8)16-17-39(3,4)5)12-10-14-30(24)31-15-11-13-28(25(31)2)23-51-38-33(42)19-29(36(45-38)49-9)21-43-40(6,7)20-34(46)47;2-1-3/h10-15,18-19,43H,16-17,20-23H2,1-9H3,(H,46,47);. The molecule has 0 aliphatic rings. The zero-order valence-electron chi connectivity index (χ0n) is 32.3. The van der Waals surface area contributed by atoms with Gasteiger partial charge in [0.15, 0.2) is 0 Å². The Morgan fingerprint density at radius 3 is 1.63 bits per heavy atom. The van der Waals surface area contributed by atoms with Gasteiger partial charge in [0.2, 0.25) is 23.5 Å². The van der Waals surface area contributed by atoms with Gasteiger partial charge in [0.1, 0.15) is 23.3 Å². The van der Waals surface area contributed by atoms with Gasteiger partial charge in [-0.05, 0) is 91.5 Å². The first-order chi connectivity index (χ1) is 25.4. The second-order valence-electron chi connectivity index (χ2n) is 14.6. The molecule has 0 bridgehead atoms. The number of carboxylic acids is 1. The number of nitrogens with zero attached hydrogens (tertiary/aromatic N) is 2. The van der Waals surface area contributed by atoms with E-state index in [0.29, 0.717) is 39.8 Å². The zero-order valence-corrected chi connectivity index (χ0v) is 33.8. The first-order valence-corrected chi connectivity index (χ1v) is 18.0. The molecule has 0 saturated carbocycles. The van der Waals surface area contributed by atoms with Crippen LogP contribution in [0.4, 0.5) is 0 Å². The molecule has 0 amide bonds. The molecule has 0 atom stereocenters. The number of aryl methyl sites for hydroxylation is 1. The monoisotopic (exact) mass is 781 g/mol. The Kier molecular flexibility index (Phi) is 15.9. The summed E-state index contributed by atoms with van der Waals surface area (Å²) in [6.07, 6.45) is 1.99. The van der Waals surface area contributed by atoms with Crippen molar-refractivity contribution >= 4 is 35.3 Å². The topological polar surface area (TPSA) is 146 Å². The maximum atomic E-state index is 11.2. The van der Waals surface area contributed by atoms with Crippen molar-refractivity contribution in [2.45, 2.75) is 93.0 Å². The van der Waals surface area contributed by atoms with E-state index in [-0.39, 0.29) is 37.1 Å². The Morgan fingerprint density at radius 2 is 1.20 bits per heavy atom. The van der Waals surface area contributed by atoms with Crippen LogP contribution in [-0.4, -0.2) is 47.0 Å². The number of rotatable bonds is 16. The van der Waals surface area contributed by atoms with Crippen LogP contribution in [0.25, 0.3) is 11.1 Å². The fraction of sp³-hybridized carbons (Fsp3) is 0.415. The lowest BCUT2D eigenvalue weighted by molar-refractivity contribution is -0.191. The van der Waals surface area contributed by atoms with Gasteiger partial charge in [-0.1, -0.05) is 80.4 Å². The Morgan fingerprint density at radius 1 is 0.759 bits per heavy atom. The lowest BCUT2D eigenvalue weighted by Gasteiger charge is -2.25. The number of ether oxygens (including phenoxy) is 4. The molecule has 0 radical (unpaired) electrons. The predicted octanol–water partition coefficient (Wildman–Crippen LogP) is 8.98. The number of aliphatic carboxylic acids is 1. The van der Waals surface area contributed by atoms with Gasteiger partial charge in [0.25, 0.3) is 0 Å². The van der Waals surface area contributed by atoms with Gasteiger partial charge in [0.05, 0.1) is 20.6 Å². The van der Waals surface area contributed by atoms with Crippen LogP contribution in [0.2, 0.25) is 10.0 Å². The summed E-state index contributed by atoms with van der Waals surface area (Å²) in [7, 11) is 3.13. The quantitative estimate of drug-likeness (QED) is 0.112. The number of nitrogens with one attached hydrogen (secondary N) is 1. The van der Waals surface area contributed by atoms with Crippen molar-refractivity contribution in [2.24, 2.45) is 5.41 Å². The van der Waals surface area contributed by atoms with Crippen LogP contribution in [0.1, 0.15) is 80.8 Å². The summed E-state index contributed by atoms with van der Waals surface area (Å²) in [4.78, 5) is 36.6. The zero-order chi connectivity index (χ0) is 40.2. The Balaban J connectivity index is 0.00000253. The number of carbonyl (C=O) groups excluding carboxylic acids is 2. The van der Waals surface area contributed by atoms with E-state index in [1.54, 1.807) is 13.2 Å². The average molecular weight is 783 g/mol. The van der Waals surface area contributed by atoms with E-state index in [2.05, 4.69) is 62.0 Å². The van der Waals surface area contributed by atoms with Crippen molar-refractivity contribution in [3.8, 4) is 34.6 Å². The fourth-order valence-corrected chi connectivity index (χ4v) is 6.15. The van der Waals surface area contributed by atoms with Gasteiger partial charge in [-0.3, -0.25) is 4.79 Å². The summed E-state index contributed by atoms with van der Waals surface area (Å²) in [5.41, 5.74) is 7.45. The average Bonchev–Trinajstić information content (AvgIpc) is 3.09. The highest BCUT2D eigenvalue weighted by atomic mass is 35.5. The summed E-state index contributed by atoms with van der Waals surface area (Å²) in [5, 5.41) is 13.2. The summed E-state index contributed by atoms with van der Waals surface area (Å²) in [5.74, 6) is 0.568. The molecule has 290 valence electrons. The molecule has 2 aromatic carbocycles. The number of pyridine rings is 2. The Hall–Kier alpha value is -4.67. The number of hydrogen-bond donors (Lipinski definition) is 2. The summed E-state index contributed by atoms with van der Waals surface area (Å²) in [6.45, 7) is 15.2. The molecule has 54 heavy (non-hydrogen) atoms. The van der Waals surface area contributed by atoms with E-state index < -0.39 is 11.5 Å². The van der Waals surface area contributed by atoms with Crippen molar-refractivity contribution in [3.63, 3.8) is 0 Å². The molecule has 2 aromatic heterocycles. The molecule has 0 spiro atoms. The number of carbonyl (C=O) groups is 1. The largest absolute Gasteiger partial charge is 0.481 e. The van der Waals surface area contributed by atoms with Crippen molar-refractivity contribution in [2.75, 3.05) is 14.2 Å². The maximum absolute atomic E-state index is 11.2. The van der Waals surface area contributed by atoms with Crippen LogP contribution < -0.4 is 24.3 Å². The molecule has 0 fully saturated rings. The lowest BCUT2D eigenvalue weighted by Crippen LogP contribution is -2.40. The molecule has 13 heteroatoms. The molecule has 0 saturated heterocycles. The highest BCUT2D eigenvalue weighted by Gasteiger charge is 2.23. The van der Waals surface area contributed by atoms with Crippen molar-refractivity contribution in [3.05, 3.63) is 92.0 Å². The van der Waals surface area contributed by atoms with E-state index in [4.69, 9.17) is 51.7 Å². The second-order valence-corrected chi connectivity index (χ2v) is 15.4. The molecule has 2 N–H and O–H groups in total. The van der Waals surface area contributed by atoms with Gasteiger partial charge >= 0.3 is 12.1 Å². The lowest BCUT2D eigenvalue weighted by atomic mass is 9.89. The summed E-state index contributed by atoms with van der Waals surface area (Å²) >= 11 is 13.2. The number of carboxylic acid groups (broad SMARTS) is 1. The van der Waals surface area contributed by atoms with Crippen LogP contribution in [0.3, 0.4) is 0 Å². The number of halogens is 2. The fourth-order valence-electron chi connectivity index (χ4n) is 5.69. The number of aromatic nitrogens is 2. The highest BCUT2D eigenvalue weighted by Crippen LogP contribution is 2.35. The van der Waals surface area contributed by atoms with Crippen LogP contribution in [-0.2, 0) is 40.6 Å². The molecule has 4 rings (SSSR count). The maximum Gasteiger partial charge on any atom is 0.373 e. The minimum Gasteiger partial charge on any atom is -0.481 e. The van der Waals surface area contributed by atoms with E-state index in [0.717, 1.165) is 51.8 Å². The van der Waals surface area contributed by atoms with E-state index >= 15 is 0 Å². The van der Waals surface area contributed by atoms with Gasteiger partial charge in [-0.15, -0.1) is 0 Å². The van der Waals surface area contributed by atoms with E-state index in [1.165, 1.54) is 7.11 Å². The third-order valence-electron chi connectivity index (χ3n) is 8.76. The molecule has 0 aliphatic heterocycles. The molecular formula is C41H49Cl2N3O8. The predicted molar refractivity (Wildman–Crippen MR) is 208 cm³/mol. The van der Waals surface area contributed by atoms with Crippen molar-refractivity contribution in [1.29, 1.82) is 0 Å². The number of hydrogen-bond acceptors (Lipinski definition) is 10. The second kappa shape index (κ2) is 19.6. The van der Waals surface area contributed by atoms with Gasteiger partial charge < -0.3 is 29.4 Å². The molecule has 4 aromatic rings. The highest BCUT2D eigenvalue weighted by molar-refractivity contribution is 6.32. The SMILES string of the molecule is COc1nc(OCc2cccc(-c3cccc(COc4nc(OC)c(CNC(C)(C)CC(=O)O)cc4Cl)c3C)c2C)c(Cl)cc1CCC(C)(C)C.O=C=O. The Bertz CT molecular complexity index is 1950. The number of benzene rings is 2. The van der Waals surface area contributed by atoms with E-state index in [9.17, 15) is 9.90 Å². The molecule has 2 heterocycles. The normalized spacial score (nSPS) is 11.2. The van der Waals surface area contributed by atoms with E-state index in [1.807, 2.05) is 44.2 Å². The van der Waals surface area contributed by atoms with Crippen molar-refractivity contribution < 1.29 is 38.4 Å². The third kappa shape index (κ3) is 12.5. The van der Waals surface area contributed by atoms with Gasteiger partial charge in [0, 0.05) is 23.2 Å². The van der Waals surface area contributed by atoms with Crippen LogP contribution in [0, 0.1) is 19.3 Å². The Labute approximate surface area is 327 Å². The minimum absolute atomic E-state index is 0.0395. The van der Waals surface area contributed by atoms with Crippen molar-refractivity contribution in [1.82, 2.24) is 15.3 Å². The number of methoxy groups -OCH3 is 2. The third-order valence-corrected chi connectivity index (χ3v) is 9.30. The van der Waals surface area contributed by atoms with Gasteiger partial charge in [-0.25, -0.2) is 0 Å². The van der Waals surface area contributed by atoms with Crippen LogP contribution >= 0.6 is 23.2 Å². The molecule has 11 nitrogen and oxygen atoms in total. The first-order valence-electron chi connectivity index (χ1n) is 17.3.